The zero-order chi connectivity index (χ0) is 16.2. The van der Waals surface area contributed by atoms with Crippen molar-refractivity contribution in [3.63, 3.8) is 0 Å². The predicted octanol–water partition coefficient (Wildman–Crippen LogP) is 1.74. The van der Waals surface area contributed by atoms with Crippen molar-refractivity contribution < 1.29 is 24.9 Å². The van der Waals surface area contributed by atoms with E-state index in [0.29, 0.717) is 12.0 Å². The second-order valence-electron chi connectivity index (χ2n) is 4.83. The number of hydrogen-bond acceptors (Lipinski definition) is 4. The van der Waals surface area contributed by atoms with Crippen LogP contribution in [0.3, 0.4) is 0 Å². The van der Waals surface area contributed by atoms with Gasteiger partial charge in [-0.3, -0.25) is 4.79 Å². The van der Waals surface area contributed by atoms with Crippen molar-refractivity contribution in [2.75, 3.05) is 0 Å². The van der Waals surface area contributed by atoms with Crippen molar-refractivity contribution in [3.8, 4) is 11.5 Å². The second kappa shape index (κ2) is 6.78. The van der Waals surface area contributed by atoms with E-state index in [1.165, 1.54) is 25.1 Å². The summed E-state index contributed by atoms with van der Waals surface area (Å²) in [5.74, 6) is -2.88. The Morgan fingerprint density at radius 3 is 2.33 bits per heavy atom. The molecule has 0 fully saturated rings. The highest BCUT2D eigenvalue weighted by Crippen LogP contribution is 2.31. The van der Waals surface area contributed by atoms with E-state index in [1.807, 2.05) is 0 Å². The molecule has 1 aromatic carbocycles. The van der Waals surface area contributed by atoms with E-state index in [9.17, 15) is 24.9 Å². The van der Waals surface area contributed by atoms with Crippen LogP contribution >= 0.6 is 0 Å². The molecule has 0 aromatic heterocycles. The minimum absolute atomic E-state index is 0.213. The van der Waals surface area contributed by atoms with E-state index >= 15 is 0 Å². The molecule has 0 saturated heterocycles. The first-order chi connectivity index (χ1) is 9.77. The van der Waals surface area contributed by atoms with Gasteiger partial charge in [0.25, 0.3) is 0 Å². The number of carboxylic acids is 1. The van der Waals surface area contributed by atoms with E-state index in [0.717, 1.165) is 0 Å². The molecule has 0 saturated carbocycles. The maximum absolute atomic E-state index is 11.7. The third kappa shape index (κ3) is 3.98. The van der Waals surface area contributed by atoms with Gasteiger partial charge in [0.2, 0.25) is 5.91 Å². The van der Waals surface area contributed by atoms with Gasteiger partial charge in [0, 0.05) is 11.5 Å². The molecule has 0 aliphatic heterocycles. The smallest absolute Gasteiger partial charge is 0.326 e. The number of carboxylic acid groups (broad SMARTS) is 1. The summed E-state index contributed by atoms with van der Waals surface area (Å²) in [6, 6.07) is 2.95. The lowest BCUT2D eigenvalue weighted by atomic mass is 9.88. The zero-order valence-corrected chi connectivity index (χ0v) is 12.0. The molecule has 4 N–H and O–H groups in total. The van der Waals surface area contributed by atoms with Crippen LogP contribution in [0.2, 0.25) is 0 Å². The third-order valence-electron chi connectivity index (χ3n) is 3.21. The molecular formula is C15H19NO5. The molecule has 0 radical (unpaired) electrons. The fourth-order valence-corrected chi connectivity index (χ4v) is 2.03. The molecule has 2 unspecified atom stereocenters. The number of carbonyl (C=O) groups is 2. The monoisotopic (exact) mass is 293 g/mol. The predicted molar refractivity (Wildman–Crippen MR) is 77.2 cm³/mol. The van der Waals surface area contributed by atoms with Crippen LogP contribution in [0.1, 0.15) is 31.7 Å². The number of phenolic OH excluding ortho intramolecular Hbond substituents is 2. The number of phenols is 2. The van der Waals surface area contributed by atoms with Crippen molar-refractivity contribution in [1.82, 2.24) is 5.32 Å². The summed E-state index contributed by atoms with van der Waals surface area (Å²) in [4.78, 5) is 23.1. The minimum atomic E-state index is -1.18. The summed E-state index contributed by atoms with van der Waals surface area (Å²) in [7, 11) is 0. The Morgan fingerprint density at radius 1 is 1.29 bits per heavy atom. The molecule has 0 aliphatic rings. The van der Waals surface area contributed by atoms with Gasteiger partial charge in [-0.25, -0.2) is 4.79 Å². The first kappa shape index (κ1) is 16.6. The molecule has 21 heavy (non-hydrogen) atoms. The largest absolute Gasteiger partial charge is 0.504 e. The molecule has 0 heterocycles. The molecule has 114 valence electrons. The Hall–Kier alpha value is -2.50. The Morgan fingerprint density at radius 2 is 1.90 bits per heavy atom. The Bertz CT molecular complexity index is 567. The van der Waals surface area contributed by atoms with Gasteiger partial charge in [-0.2, -0.15) is 0 Å². The summed E-state index contributed by atoms with van der Waals surface area (Å²) in [6.07, 6.45) is 0.428. The van der Waals surface area contributed by atoms with Crippen LogP contribution in [0.25, 0.3) is 0 Å². The van der Waals surface area contributed by atoms with Gasteiger partial charge >= 0.3 is 5.97 Å². The molecular weight excluding hydrogens is 274 g/mol. The average molecular weight is 293 g/mol. The summed E-state index contributed by atoms with van der Waals surface area (Å²) < 4.78 is 0. The Balaban J connectivity index is 3.12. The van der Waals surface area contributed by atoms with E-state index in [-0.39, 0.29) is 17.1 Å². The topological polar surface area (TPSA) is 107 Å². The fourth-order valence-electron chi connectivity index (χ4n) is 2.03. The number of amides is 1. The lowest BCUT2D eigenvalue weighted by molar-refractivity contribution is -0.142. The molecule has 2 atom stereocenters. The highest BCUT2D eigenvalue weighted by molar-refractivity contribution is 5.95. The lowest BCUT2D eigenvalue weighted by Crippen LogP contribution is -2.45. The summed E-state index contributed by atoms with van der Waals surface area (Å²) >= 11 is 0. The van der Waals surface area contributed by atoms with Gasteiger partial charge in [-0.15, -0.1) is 0 Å². The minimum Gasteiger partial charge on any atom is -0.504 e. The van der Waals surface area contributed by atoms with Gasteiger partial charge in [-0.05, 0) is 31.0 Å². The van der Waals surface area contributed by atoms with Crippen LogP contribution in [0.4, 0.5) is 0 Å². The van der Waals surface area contributed by atoms with Gasteiger partial charge < -0.3 is 20.6 Å². The second-order valence-corrected chi connectivity index (χ2v) is 4.83. The first-order valence-corrected chi connectivity index (χ1v) is 6.49. The molecule has 0 aliphatic carbocycles. The number of rotatable bonds is 6. The maximum atomic E-state index is 11.7. The Kier molecular flexibility index (Phi) is 5.35. The molecule has 6 heteroatoms. The summed E-state index contributed by atoms with van der Waals surface area (Å²) in [5.41, 5.74) is 0.729. The van der Waals surface area contributed by atoms with E-state index in [4.69, 9.17) is 0 Å². The molecule has 1 aromatic rings. The van der Waals surface area contributed by atoms with Crippen molar-refractivity contribution in [2.24, 2.45) is 0 Å². The maximum Gasteiger partial charge on any atom is 0.326 e. The van der Waals surface area contributed by atoms with Gasteiger partial charge in [-0.1, -0.05) is 19.6 Å². The lowest BCUT2D eigenvalue weighted by Gasteiger charge is -2.24. The van der Waals surface area contributed by atoms with Gasteiger partial charge in [0.15, 0.2) is 11.5 Å². The molecule has 0 bridgehead atoms. The van der Waals surface area contributed by atoms with Crippen molar-refractivity contribution in [3.05, 3.63) is 35.9 Å². The highest BCUT2D eigenvalue weighted by Gasteiger charge is 2.30. The molecule has 6 nitrogen and oxygen atoms in total. The molecule has 1 rings (SSSR count). The first-order valence-electron chi connectivity index (χ1n) is 6.49. The van der Waals surface area contributed by atoms with E-state index < -0.39 is 23.8 Å². The van der Waals surface area contributed by atoms with Crippen molar-refractivity contribution in [2.45, 2.75) is 32.2 Å². The van der Waals surface area contributed by atoms with Gasteiger partial charge in [0.1, 0.15) is 6.04 Å². The molecule has 1 amide bonds. The Labute approximate surface area is 122 Å². The summed E-state index contributed by atoms with van der Waals surface area (Å²) in [5, 5.41) is 30.6. The number of aliphatic carboxylic acids is 1. The van der Waals surface area contributed by atoms with Crippen molar-refractivity contribution >= 4 is 11.9 Å². The SMILES string of the molecule is C=C(C)C(=O)NC(C(=O)O)C(CC)c1ccc(O)c(O)c1. The molecule has 0 spiro atoms. The van der Waals surface area contributed by atoms with Crippen LogP contribution in [0.5, 0.6) is 11.5 Å². The fraction of sp³-hybridized carbons (Fsp3) is 0.333. The van der Waals surface area contributed by atoms with Crippen LogP contribution in [0.15, 0.2) is 30.4 Å². The zero-order valence-electron chi connectivity index (χ0n) is 12.0. The average Bonchev–Trinajstić information content (AvgIpc) is 2.41. The quantitative estimate of drug-likeness (QED) is 0.472. The van der Waals surface area contributed by atoms with E-state index in [1.54, 1.807) is 6.92 Å². The van der Waals surface area contributed by atoms with Crippen molar-refractivity contribution in [1.29, 1.82) is 0 Å². The number of benzene rings is 1. The normalized spacial score (nSPS) is 13.2. The highest BCUT2D eigenvalue weighted by atomic mass is 16.4. The number of carbonyl (C=O) groups excluding carboxylic acids is 1. The summed E-state index contributed by atoms with van der Waals surface area (Å²) in [6.45, 7) is 6.74. The standard InChI is InChI=1S/C15H19NO5/c1-4-10(9-5-6-11(17)12(18)7-9)13(15(20)21)16-14(19)8(2)3/h5-7,10,13,17-18H,2,4H2,1,3H3,(H,16,19)(H,20,21). The van der Waals surface area contributed by atoms with Crippen LogP contribution in [0, 0.1) is 0 Å². The van der Waals surface area contributed by atoms with Crippen LogP contribution in [-0.4, -0.2) is 33.2 Å². The number of hydrogen-bond donors (Lipinski definition) is 4. The third-order valence-corrected chi connectivity index (χ3v) is 3.21. The number of aromatic hydroxyl groups is 2. The number of nitrogens with one attached hydrogen (secondary N) is 1. The van der Waals surface area contributed by atoms with Gasteiger partial charge in [0.05, 0.1) is 0 Å². The van der Waals surface area contributed by atoms with Crippen LogP contribution < -0.4 is 5.32 Å². The van der Waals surface area contributed by atoms with Crippen LogP contribution in [-0.2, 0) is 9.59 Å². The van der Waals surface area contributed by atoms with E-state index in [2.05, 4.69) is 11.9 Å².